The fourth-order valence-corrected chi connectivity index (χ4v) is 4.14. The minimum absolute atomic E-state index is 0.217. The molecule has 2 N–H and O–H groups in total. The van der Waals surface area contributed by atoms with Crippen molar-refractivity contribution in [3.8, 4) is 0 Å². The molecule has 1 unspecified atom stereocenters. The molecule has 1 fully saturated rings. The molecule has 0 saturated carbocycles. The third-order valence-electron chi connectivity index (χ3n) is 5.61. The number of likely N-dealkylation sites (tertiary alicyclic amines) is 1. The molecule has 1 aliphatic heterocycles. The first-order chi connectivity index (χ1) is 15.2. The van der Waals surface area contributed by atoms with Crippen LogP contribution in [0.4, 0.5) is 5.69 Å². The van der Waals surface area contributed by atoms with E-state index in [1.54, 1.807) is 7.11 Å². The SMILES string of the molecule is COCCOC(=O)Cc1cccc(CN2CCCC(Nc3ccc4[nH]ncc4c3)C2)c1. The Bertz CT molecular complexity index is 1000. The molecule has 0 spiro atoms. The van der Waals surface area contributed by atoms with Gasteiger partial charge in [0.15, 0.2) is 0 Å². The third-order valence-corrected chi connectivity index (χ3v) is 5.61. The van der Waals surface area contributed by atoms with Crippen LogP contribution in [0.5, 0.6) is 0 Å². The molecule has 1 aliphatic rings. The van der Waals surface area contributed by atoms with E-state index < -0.39 is 0 Å². The number of carbonyl (C=O) groups is 1. The first-order valence-electron chi connectivity index (χ1n) is 10.8. The molecule has 4 rings (SSSR count). The van der Waals surface area contributed by atoms with Gasteiger partial charge in [0.1, 0.15) is 6.61 Å². The smallest absolute Gasteiger partial charge is 0.310 e. The molecule has 164 valence electrons. The van der Waals surface area contributed by atoms with Crippen LogP contribution in [0.15, 0.2) is 48.7 Å². The maximum Gasteiger partial charge on any atom is 0.310 e. The van der Waals surface area contributed by atoms with Gasteiger partial charge in [-0.1, -0.05) is 24.3 Å². The van der Waals surface area contributed by atoms with Gasteiger partial charge in [0.2, 0.25) is 0 Å². The van der Waals surface area contributed by atoms with Crippen LogP contribution in [0.2, 0.25) is 0 Å². The highest BCUT2D eigenvalue weighted by Gasteiger charge is 2.20. The van der Waals surface area contributed by atoms with Crippen LogP contribution < -0.4 is 5.32 Å². The normalized spacial score (nSPS) is 17.0. The average molecular weight is 423 g/mol. The summed E-state index contributed by atoms with van der Waals surface area (Å²) < 4.78 is 10.1. The zero-order valence-corrected chi connectivity index (χ0v) is 18.0. The van der Waals surface area contributed by atoms with Crippen molar-refractivity contribution in [2.45, 2.75) is 31.8 Å². The van der Waals surface area contributed by atoms with E-state index in [2.05, 4.69) is 50.7 Å². The zero-order valence-electron chi connectivity index (χ0n) is 18.0. The lowest BCUT2D eigenvalue weighted by Gasteiger charge is -2.33. The number of aromatic nitrogens is 2. The van der Waals surface area contributed by atoms with E-state index in [0.29, 0.717) is 19.3 Å². The monoisotopic (exact) mass is 422 g/mol. The molecule has 2 heterocycles. The van der Waals surface area contributed by atoms with Crippen molar-refractivity contribution < 1.29 is 14.3 Å². The molecule has 0 aliphatic carbocycles. The minimum atomic E-state index is -0.217. The lowest BCUT2D eigenvalue weighted by molar-refractivity contribution is -0.144. The quantitative estimate of drug-likeness (QED) is 0.407. The van der Waals surface area contributed by atoms with Gasteiger partial charge in [-0.05, 0) is 48.7 Å². The lowest BCUT2D eigenvalue weighted by atomic mass is 10.0. The summed E-state index contributed by atoms with van der Waals surface area (Å²) in [7, 11) is 1.59. The Morgan fingerprint density at radius 2 is 2.13 bits per heavy atom. The zero-order chi connectivity index (χ0) is 21.5. The largest absolute Gasteiger partial charge is 0.463 e. The summed E-state index contributed by atoms with van der Waals surface area (Å²) in [5.41, 5.74) is 4.40. The van der Waals surface area contributed by atoms with Gasteiger partial charge in [-0.2, -0.15) is 5.10 Å². The Morgan fingerprint density at radius 3 is 3.03 bits per heavy atom. The summed E-state index contributed by atoms with van der Waals surface area (Å²) >= 11 is 0. The van der Waals surface area contributed by atoms with Crippen LogP contribution in [0.3, 0.4) is 0 Å². The number of aromatic amines is 1. The van der Waals surface area contributed by atoms with Crippen molar-refractivity contribution in [3.63, 3.8) is 0 Å². The van der Waals surface area contributed by atoms with Crippen molar-refractivity contribution in [1.82, 2.24) is 15.1 Å². The topological polar surface area (TPSA) is 79.5 Å². The number of nitrogens with one attached hydrogen (secondary N) is 2. The standard InChI is InChI=1S/C24H30N4O3/c1-30-10-11-31-24(29)13-18-4-2-5-19(12-18)16-28-9-3-6-22(17-28)26-21-7-8-23-20(14-21)15-25-27-23/h2,4-5,7-8,12,14-15,22,26H,3,6,9-11,13,16-17H2,1H3,(H,25,27). The van der Waals surface area contributed by atoms with E-state index in [1.165, 1.54) is 5.56 Å². The molecule has 1 aromatic heterocycles. The van der Waals surface area contributed by atoms with E-state index in [4.69, 9.17) is 9.47 Å². The number of hydrogen-bond acceptors (Lipinski definition) is 6. The van der Waals surface area contributed by atoms with Crippen LogP contribution in [0, 0.1) is 0 Å². The highest BCUT2D eigenvalue weighted by molar-refractivity contribution is 5.81. The second-order valence-corrected chi connectivity index (χ2v) is 8.10. The number of methoxy groups -OCH3 is 1. The van der Waals surface area contributed by atoms with Crippen LogP contribution in [0.25, 0.3) is 10.9 Å². The molecule has 0 amide bonds. The minimum Gasteiger partial charge on any atom is -0.463 e. The molecule has 1 saturated heterocycles. The summed E-state index contributed by atoms with van der Waals surface area (Å²) in [6, 6.07) is 15.0. The maximum atomic E-state index is 12.0. The summed E-state index contributed by atoms with van der Waals surface area (Å²) in [6.45, 7) is 3.68. The molecule has 0 radical (unpaired) electrons. The number of hydrogen-bond donors (Lipinski definition) is 2. The summed E-state index contributed by atoms with van der Waals surface area (Å²) in [6.07, 6.45) is 4.47. The number of nitrogens with zero attached hydrogens (tertiary/aromatic N) is 2. The Morgan fingerprint density at radius 1 is 1.23 bits per heavy atom. The van der Waals surface area contributed by atoms with Gasteiger partial charge < -0.3 is 14.8 Å². The highest BCUT2D eigenvalue weighted by Crippen LogP contribution is 2.21. The number of piperidine rings is 1. The van der Waals surface area contributed by atoms with Crippen LogP contribution in [-0.2, 0) is 27.2 Å². The fourth-order valence-electron chi connectivity index (χ4n) is 4.14. The number of rotatable bonds is 9. The first-order valence-corrected chi connectivity index (χ1v) is 10.8. The average Bonchev–Trinajstić information content (AvgIpc) is 3.22. The van der Waals surface area contributed by atoms with Crippen LogP contribution >= 0.6 is 0 Å². The molecule has 31 heavy (non-hydrogen) atoms. The molecule has 0 bridgehead atoms. The van der Waals surface area contributed by atoms with Gasteiger partial charge in [-0.15, -0.1) is 0 Å². The van der Waals surface area contributed by atoms with Gasteiger partial charge in [0.05, 0.1) is 24.7 Å². The number of carbonyl (C=O) groups excluding carboxylic acids is 1. The van der Waals surface area contributed by atoms with Gasteiger partial charge in [0.25, 0.3) is 0 Å². The molecular weight excluding hydrogens is 392 g/mol. The predicted octanol–water partition coefficient (Wildman–Crippen LogP) is 3.37. The second-order valence-electron chi connectivity index (χ2n) is 8.10. The Labute approximate surface area is 182 Å². The summed E-state index contributed by atoms with van der Waals surface area (Å²) in [4.78, 5) is 14.4. The molecule has 2 aromatic carbocycles. The number of esters is 1. The Kier molecular flexibility index (Phi) is 7.17. The van der Waals surface area contributed by atoms with Crippen LogP contribution in [-0.4, -0.2) is 60.5 Å². The third kappa shape index (κ3) is 6.06. The van der Waals surface area contributed by atoms with Crippen LogP contribution in [0.1, 0.15) is 24.0 Å². The number of fused-ring (bicyclic) bond motifs is 1. The maximum absolute atomic E-state index is 12.0. The fraction of sp³-hybridized carbons (Fsp3) is 0.417. The van der Waals surface area contributed by atoms with Gasteiger partial charge in [-0.3, -0.25) is 14.8 Å². The molecule has 7 nitrogen and oxygen atoms in total. The predicted molar refractivity (Wildman–Crippen MR) is 121 cm³/mol. The first kappa shape index (κ1) is 21.3. The lowest BCUT2D eigenvalue weighted by Crippen LogP contribution is -2.41. The Balaban J connectivity index is 1.31. The van der Waals surface area contributed by atoms with E-state index in [-0.39, 0.29) is 12.4 Å². The summed E-state index contributed by atoms with van der Waals surface area (Å²) in [5.74, 6) is -0.217. The van der Waals surface area contributed by atoms with Crippen molar-refractivity contribution in [3.05, 3.63) is 59.8 Å². The molecule has 1 atom stereocenters. The Hall–Kier alpha value is -2.90. The summed E-state index contributed by atoms with van der Waals surface area (Å²) in [5, 5.41) is 11.9. The van der Waals surface area contributed by atoms with E-state index in [0.717, 1.165) is 54.6 Å². The number of ether oxygens (including phenoxy) is 2. The van der Waals surface area contributed by atoms with Gasteiger partial charge >= 0.3 is 5.97 Å². The van der Waals surface area contributed by atoms with E-state index in [9.17, 15) is 4.79 Å². The van der Waals surface area contributed by atoms with Crippen molar-refractivity contribution in [2.24, 2.45) is 0 Å². The van der Waals surface area contributed by atoms with E-state index in [1.807, 2.05) is 18.3 Å². The van der Waals surface area contributed by atoms with Crippen molar-refractivity contribution in [2.75, 3.05) is 38.7 Å². The number of H-pyrrole nitrogens is 1. The number of anilines is 1. The molecule has 3 aromatic rings. The number of benzene rings is 2. The van der Waals surface area contributed by atoms with Crippen molar-refractivity contribution in [1.29, 1.82) is 0 Å². The highest BCUT2D eigenvalue weighted by atomic mass is 16.6. The van der Waals surface area contributed by atoms with Gasteiger partial charge in [0, 0.05) is 37.3 Å². The van der Waals surface area contributed by atoms with E-state index >= 15 is 0 Å². The molecular formula is C24H30N4O3. The van der Waals surface area contributed by atoms with Gasteiger partial charge in [-0.25, -0.2) is 0 Å². The molecule has 7 heteroatoms. The van der Waals surface area contributed by atoms with Crippen molar-refractivity contribution >= 4 is 22.6 Å². The second kappa shape index (κ2) is 10.4.